The van der Waals surface area contributed by atoms with Crippen molar-refractivity contribution in [1.82, 2.24) is 5.32 Å². The third kappa shape index (κ3) is 5.77. The number of ketones is 1. The summed E-state index contributed by atoms with van der Waals surface area (Å²) in [5.41, 5.74) is 6.34. The van der Waals surface area contributed by atoms with E-state index in [0.29, 0.717) is 29.1 Å². The fourth-order valence-electron chi connectivity index (χ4n) is 2.28. The molecule has 0 bridgehead atoms. The molecule has 1 unspecified atom stereocenters. The number of phenolic OH excluding ortho intramolecular Hbond substituents is 1. The number of nitrogens with one attached hydrogen (secondary N) is 1. The Hall–Kier alpha value is -1.48. The second-order valence-corrected chi connectivity index (χ2v) is 9.18. The highest BCUT2D eigenvalue weighted by Crippen LogP contribution is 2.28. The lowest BCUT2D eigenvalue weighted by molar-refractivity contribution is -0.122. The van der Waals surface area contributed by atoms with Crippen molar-refractivity contribution in [2.75, 3.05) is 24.6 Å². The Balaban J connectivity index is 1.93. The molecule has 4 N–H and O–H groups in total. The average molecular weight is 411 g/mol. The van der Waals surface area contributed by atoms with Gasteiger partial charge in [-0.2, -0.15) is 0 Å². The van der Waals surface area contributed by atoms with E-state index < -0.39 is 5.92 Å². The molecular weight excluding hydrogens is 388 g/mol. The van der Waals surface area contributed by atoms with Gasteiger partial charge in [-0.1, -0.05) is 39.8 Å². The van der Waals surface area contributed by atoms with Gasteiger partial charge in [-0.15, -0.1) is 11.3 Å². The van der Waals surface area contributed by atoms with E-state index in [1.54, 1.807) is 46.7 Å². The van der Waals surface area contributed by atoms with Crippen LogP contribution in [-0.4, -0.2) is 41.4 Å². The molecule has 2 aromatic rings. The predicted octanol–water partition coefficient (Wildman–Crippen LogP) is 3.24. The van der Waals surface area contributed by atoms with Crippen LogP contribution in [0.15, 0.2) is 35.7 Å². The number of hydrogen-bond acceptors (Lipinski definition) is 7. The minimum absolute atomic E-state index is 0.0390. The third-order valence-corrected chi connectivity index (χ3v) is 6.97. The lowest BCUT2D eigenvalue weighted by Crippen LogP contribution is -2.29. The number of hydrogen-bond donors (Lipinski definition) is 3. The van der Waals surface area contributed by atoms with E-state index in [-0.39, 0.29) is 17.4 Å². The molecule has 0 aliphatic carbocycles. The molecule has 1 aromatic carbocycles. The summed E-state index contributed by atoms with van der Waals surface area (Å²) in [6, 6.07) is 8.29. The summed E-state index contributed by atoms with van der Waals surface area (Å²) in [4.78, 5) is 25.2. The number of aromatic hydroxyl groups is 1. The summed E-state index contributed by atoms with van der Waals surface area (Å²) in [5.74, 6) is 0.863. The van der Waals surface area contributed by atoms with Crippen molar-refractivity contribution in [2.45, 2.75) is 12.8 Å². The van der Waals surface area contributed by atoms with Crippen LogP contribution in [0.3, 0.4) is 0 Å². The molecule has 8 heteroatoms. The van der Waals surface area contributed by atoms with Crippen LogP contribution in [0.1, 0.15) is 33.6 Å². The summed E-state index contributed by atoms with van der Waals surface area (Å²) in [6.45, 7) is 2.94. The second kappa shape index (κ2) is 10.6. The monoisotopic (exact) mass is 410 g/mol. The first-order chi connectivity index (χ1) is 12.5. The van der Waals surface area contributed by atoms with Crippen LogP contribution in [0, 0.1) is 0 Å². The van der Waals surface area contributed by atoms with E-state index in [9.17, 15) is 14.7 Å². The van der Waals surface area contributed by atoms with E-state index in [4.69, 9.17) is 5.73 Å². The van der Waals surface area contributed by atoms with Crippen LogP contribution in [0.2, 0.25) is 0 Å². The molecule has 0 spiro atoms. The summed E-state index contributed by atoms with van der Waals surface area (Å²) in [7, 11) is 3.35. The lowest BCUT2D eigenvalue weighted by Gasteiger charge is -2.14. The Labute approximate surface area is 165 Å². The van der Waals surface area contributed by atoms with Gasteiger partial charge in [0.1, 0.15) is 5.75 Å². The zero-order valence-corrected chi connectivity index (χ0v) is 16.9. The van der Waals surface area contributed by atoms with Gasteiger partial charge >= 0.3 is 0 Å². The molecule has 0 saturated carbocycles. The van der Waals surface area contributed by atoms with E-state index in [1.165, 1.54) is 17.4 Å². The number of rotatable bonds is 10. The van der Waals surface area contributed by atoms with E-state index in [0.717, 1.165) is 11.5 Å². The van der Waals surface area contributed by atoms with Crippen molar-refractivity contribution in [2.24, 2.45) is 5.73 Å². The third-order valence-electron chi connectivity index (χ3n) is 3.67. The highest BCUT2D eigenvalue weighted by molar-refractivity contribution is 8.76. The van der Waals surface area contributed by atoms with E-state index >= 15 is 0 Å². The molecule has 2 rings (SSSR count). The first-order valence-corrected chi connectivity index (χ1v) is 11.5. The molecule has 0 saturated heterocycles. The molecule has 5 nitrogen and oxygen atoms in total. The Morgan fingerprint density at radius 3 is 2.69 bits per heavy atom. The Bertz CT molecular complexity index is 735. The smallest absolute Gasteiger partial charge is 0.227 e. The quantitative estimate of drug-likeness (QED) is 0.316. The lowest BCUT2D eigenvalue weighted by atomic mass is 9.96. The van der Waals surface area contributed by atoms with Crippen LogP contribution in [0.4, 0.5) is 0 Å². The summed E-state index contributed by atoms with van der Waals surface area (Å²) in [5, 5.41) is 15.0. The van der Waals surface area contributed by atoms with Crippen molar-refractivity contribution in [1.29, 1.82) is 0 Å². The molecule has 140 valence electrons. The van der Waals surface area contributed by atoms with Crippen LogP contribution >= 0.6 is 32.9 Å². The van der Waals surface area contributed by atoms with Gasteiger partial charge in [0.2, 0.25) is 11.7 Å². The molecular formula is C18H22N2O3S3. The summed E-state index contributed by atoms with van der Waals surface area (Å²) >= 11 is 1.36. The van der Waals surface area contributed by atoms with Gasteiger partial charge in [-0.25, -0.2) is 0 Å². The minimum atomic E-state index is -0.498. The minimum Gasteiger partial charge on any atom is -0.508 e. The van der Waals surface area contributed by atoms with Crippen molar-refractivity contribution < 1.29 is 14.7 Å². The van der Waals surface area contributed by atoms with Gasteiger partial charge in [-0.3, -0.25) is 9.59 Å². The molecule has 0 aliphatic heterocycles. The maximum atomic E-state index is 12.3. The Morgan fingerprint density at radius 2 is 2.04 bits per heavy atom. The topological polar surface area (TPSA) is 92.4 Å². The zero-order valence-electron chi connectivity index (χ0n) is 14.4. The first kappa shape index (κ1) is 20.8. The number of amides is 1. The van der Waals surface area contributed by atoms with Gasteiger partial charge in [-0.05, 0) is 24.4 Å². The number of carbonyl (C=O) groups excluding carboxylic acids is 2. The molecule has 1 atom stereocenters. The zero-order chi connectivity index (χ0) is 18.9. The Morgan fingerprint density at radius 1 is 1.27 bits per heavy atom. The van der Waals surface area contributed by atoms with Crippen molar-refractivity contribution in [3.8, 4) is 5.75 Å². The van der Waals surface area contributed by atoms with Gasteiger partial charge < -0.3 is 16.2 Å². The molecule has 0 aliphatic rings. The molecule has 0 radical (unpaired) electrons. The molecule has 1 heterocycles. The maximum absolute atomic E-state index is 12.3. The largest absolute Gasteiger partial charge is 0.508 e. The SMILES string of the molecule is CC(C(=O)NCCSSCCN)c1ccc(C(=O)c2cccs2)cc1O. The van der Waals surface area contributed by atoms with E-state index in [2.05, 4.69) is 5.32 Å². The number of benzene rings is 1. The van der Waals surface area contributed by atoms with Gasteiger partial charge in [0, 0.05) is 35.7 Å². The van der Waals surface area contributed by atoms with Gasteiger partial charge in [0.25, 0.3) is 0 Å². The maximum Gasteiger partial charge on any atom is 0.227 e. The van der Waals surface area contributed by atoms with Crippen molar-refractivity contribution in [3.63, 3.8) is 0 Å². The molecule has 26 heavy (non-hydrogen) atoms. The standard InChI is InChI=1S/C18H22N2O3S3/c1-12(18(23)20-7-10-26-25-9-6-19)14-5-4-13(11-15(14)21)17(22)16-3-2-8-24-16/h2-5,8,11-12,21H,6-7,9-10,19H2,1H3,(H,20,23). The van der Waals surface area contributed by atoms with Crippen LogP contribution in [0.25, 0.3) is 0 Å². The van der Waals surface area contributed by atoms with E-state index in [1.807, 2.05) is 11.4 Å². The average Bonchev–Trinajstić information content (AvgIpc) is 3.17. The normalized spacial score (nSPS) is 11.9. The van der Waals surface area contributed by atoms with Crippen molar-refractivity contribution in [3.05, 3.63) is 51.7 Å². The van der Waals surface area contributed by atoms with Crippen LogP contribution in [-0.2, 0) is 4.79 Å². The highest BCUT2D eigenvalue weighted by Gasteiger charge is 2.20. The van der Waals surface area contributed by atoms with Gasteiger partial charge in [0.15, 0.2) is 0 Å². The van der Waals surface area contributed by atoms with Crippen molar-refractivity contribution >= 4 is 44.6 Å². The fraction of sp³-hybridized carbons (Fsp3) is 0.333. The number of phenols is 1. The highest BCUT2D eigenvalue weighted by atomic mass is 33.1. The van der Waals surface area contributed by atoms with Crippen LogP contribution < -0.4 is 11.1 Å². The predicted molar refractivity (Wildman–Crippen MR) is 111 cm³/mol. The van der Waals surface area contributed by atoms with Crippen LogP contribution in [0.5, 0.6) is 5.75 Å². The number of carbonyl (C=O) groups is 2. The fourth-order valence-corrected chi connectivity index (χ4v) is 4.73. The number of thiophene rings is 1. The van der Waals surface area contributed by atoms with Gasteiger partial charge in [0.05, 0.1) is 10.8 Å². The summed E-state index contributed by atoms with van der Waals surface area (Å²) in [6.07, 6.45) is 0. The molecule has 1 amide bonds. The second-order valence-electron chi connectivity index (χ2n) is 5.53. The molecule has 1 aromatic heterocycles. The number of nitrogens with two attached hydrogens (primary N) is 1. The molecule has 0 fully saturated rings. The summed E-state index contributed by atoms with van der Waals surface area (Å²) < 4.78 is 0. The first-order valence-electron chi connectivity index (χ1n) is 8.18. The Kier molecular flexibility index (Phi) is 8.50.